The number of hydrogen-bond acceptors (Lipinski definition) is 3. The first kappa shape index (κ1) is 11.9. The van der Waals surface area contributed by atoms with Gasteiger partial charge >= 0.3 is 5.97 Å². The van der Waals surface area contributed by atoms with Gasteiger partial charge in [0.1, 0.15) is 0 Å². The van der Waals surface area contributed by atoms with Crippen LogP contribution in [0.15, 0.2) is 0 Å². The van der Waals surface area contributed by atoms with E-state index in [1.54, 1.807) is 0 Å². The molecule has 0 aliphatic carbocycles. The molecule has 0 radical (unpaired) electrons. The summed E-state index contributed by atoms with van der Waals surface area (Å²) in [5, 5.41) is 8.56. The average Bonchev–Trinajstić information content (AvgIpc) is 2.59. The number of rotatable bonds is 6. The van der Waals surface area contributed by atoms with Crippen molar-refractivity contribution in [2.75, 3.05) is 31.6 Å². The Bertz CT molecular complexity index is 187. The zero-order valence-corrected chi connectivity index (χ0v) is 9.55. The molecule has 14 heavy (non-hydrogen) atoms. The van der Waals surface area contributed by atoms with Crippen LogP contribution in [0, 0.1) is 5.92 Å². The maximum Gasteiger partial charge on any atom is 0.303 e. The second-order valence-corrected chi connectivity index (χ2v) is 4.87. The molecule has 1 aliphatic heterocycles. The van der Waals surface area contributed by atoms with Crippen molar-refractivity contribution in [1.82, 2.24) is 4.90 Å². The van der Waals surface area contributed by atoms with Gasteiger partial charge < -0.3 is 10.0 Å². The van der Waals surface area contributed by atoms with Crippen molar-refractivity contribution in [3.8, 4) is 0 Å². The number of thioether (sulfide) groups is 1. The van der Waals surface area contributed by atoms with Gasteiger partial charge in [0.25, 0.3) is 0 Å². The Morgan fingerprint density at radius 3 is 3.07 bits per heavy atom. The SMILES string of the molecule is CSCCN1CCC(CCC(=O)O)C1. The zero-order chi connectivity index (χ0) is 10.4. The normalized spacial score (nSPS) is 22.8. The van der Waals surface area contributed by atoms with Gasteiger partial charge in [0.2, 0.25) is 0 Å². The first-order valence-electron chi connectivity index (χ1n) is 5.15. The zero-order valence-electron chi connectivity index (χ0n) is 8.74. The Morgan fingerprint density at radius 1 is 1.64 bits per heavy atom. The van der Waals surface area contributed by atoms with Crippen molar-refractivity contribution in [2.45, 2.75) is 19.3 Å². The molecule has 0 bridgehead atoms. The predicted molar refractivity (Wildman–Crippen MR) is 59.8 cm³/mol. The van der Waals surface area contributed by atoms with E-state index in [2.05, 4.69) is 11.2 Å². The fraction of sp³-hybridized carbons (Fsp3) is 0.900. The fourth-order valence-electron chi connectivity index (χ4n) is 1.90. The summed E-state index contributed by atoms with van der Waals surface area (Å²) in [6, 6.07) is 0. The van der Waals surface area contributed by atoms with Crippen molar-refractivity contribution < 1.29 is 9.90 Å². The van der Waals surface area contributed by atoms with E-state index in [1.165, 1.54) is 12.2 Å². The quantitative estimate of drug-likeness (QED) is 0.732. The van der Waals surface area contributed by atoms with Crippen LogP contribution in [-0.2, 0) is 4.79 Å². The standard InChI is InChI=1S/C10H19NO2S/c1-14-7-6-11-5-4-9(8-11)2-3-10(12)13/h9H,2-8H2,1H3,(H,12,13). The Balaban J connectivity index is 2.10. The van der Waals surface area contributed by atoms with Crippen molar-refractivity contribution >= 4 is 17.7 Å². The lowest BCUT2D eigenvalue weighted by Gasteiger charge is -2.14. The minimum atomic E-state index is -0.660. The van der Waals surface area contributed by atoms with Crippen LogP contribution in [0.3, 0.4) is 0 Å². The van der Waals surface area contributed by atoms with Crippen LogP contribution in [0.1, 0.15) is 19.3 Å². The van der Waals surface area contributed by atoms with Gasteiger partial charge in [-0.1, -0.05) is 0 Å². The average molecular weight is 217 g/mol. The Morgan fingerprint density at radius 2 is 2.43 bits per heavy atom. The molecule has 0 saturated carbocycles. The van der Waals surface area contributed by atoms with E-state index in [9.17, 15) is 4.79 Å². The summed E-state index contributed by atoms with van der Waals surface area (Å²) >= 11 is 1.87. The lowest BCUT2D eigenvalue weighted by atomic mass is 10.0. The molecule has 0 aromatic rings. The lowest BCUT2D eigenvalue weighted by molar-refractivity contribution is -0.137. The van der Waals surface area contributed by atoms with Crippen LogP contribution in [0.5, 0.6) is 0 Å². The smallest absolute Gasteiger partial charge is 0.303 e. The number of hydrogen-bond donors (Lipinski definition) is 1. The molecular weight excluding hydrogens is 198 g/mol. The lowest BCUT2D eigenvalue weighted by Crippen LogP contribution is -2.23. The summed E-state index contributed by atoms with van der Waals surface area (Å²) in [7, 11) is 0. The number of carboxylic acid groups (broad SMARTS) is 1. The monoisotopic (exact) mass is 217 g/mol. The minimum Gasteiger partial charge on any atom is -0.481 e. The number of likely N-dealkylation sites (tertiary alicyclic amines) is 1. The molecule has 0 aromatic heterocycles. The van der Waals surface area contributed by atoms with Crippen molar-refractivity contribution in [1.29, 1.82) is 0 Å². The highest BCUT2D eigenvalue weighted by Gasteiger charge is 2.22. The molecule has 1 heterocycles. The summed E-state index contributed by atoms with van der Waals surface area (Å²) in [6.45, 7) is 3.42. The molecule has 0 aromatic carbocycles. The summed E-state index contributed by atoms with van der Waals surface area (Å²) in [5.41, 5.74) is 0. The summed E-state index contributed by atoms with van der Waals surface area (Å²) < 4.78 is 0. The predicted octanol–water partition coefficient (Wildman–Crippen LogP) is 1.54. The maximum absolute atomic E-state index is 10.4. The number of aliphatic carboxylic acids is 1. The number of carbonyl (C=O) groups is 1. The summed E-state index contributed by atoms with van der Waals surface area (Å²) in [4.78, 5) is 12.8. The molecule has 1 aliphatic rings. The first-order valence-corrected chi connectivity index (χ1v) is 6.55. The van der Waals surface area contributed by atoms with Crippen LogP contribution in [-0.4, -0.2) is 47.6 Å². The molecule has 0 amide bonds. The largest absolute Gasteiger partial charge is 0.481 e. The maximum atomic E-state index is 10.4. The molecule has 4 heteroatoms. The number of carboxylic acids is 1. The van der Waals surface area contributed by atoms with Crippen molar-refractivity contribution in [3.63, 3.8) is 0 Å². The van der Waals surface area contributed by atoms with Gasteiger partial charge in [-0.2, -0.15) is 11.8 Å². The molecule has 82 valence electrons. The van der Waals surface area contributed by atoms with E-state index in [1.807, 2.05) is 11.8 Å². The first-order chi connectivity index (χ1) is 6.72. The molecule has 1 fully saturated rings. The molecule has 1 atom stereocenters. The van der Waals surface area contributed by atoms with Gasteiger partial charge in [-0.05, 0) is 31.6 Å². The van der Waals surface area contributed by atoms with E-state index in [4.69, 9.17) is 5.11 Å². The van der Waals surface area contributed by atoms with Crippen LogP contribution in [0.4, 0.5) is 0 Å². The van der Waals surface area contributed by atoms with Crippen LogP contribution in [0.25, 0.3) is 0 Å². The Labute approximate surface area is 89.9 Å². The third-order valence-corrected chi connectivity index (χ3v) is 3.34. The van der Waals surface area contributed by atoms with Gasteiger partial charge in [0.15, 0.2) is 0 Å². The van der Waals surface area contributed by atoms with E-state index in [0.29, 0.717) is 12.3 Å². The Hall–Kier alpha value is -0.220. The molecule has 1 rings (SSSR count). The van der Waals surface area contributed by atoms with E-state index in [-0.39, 0.29) is 0 Å². The summed E-state index contributed by atoms with van der Waals surface area (Å²) in [5.74, 6) is 1.14. The molecule has 0 spiro atoms. The van der Waals surface area contributed by atoms with Crippen LogP contribution in [0.2, 0.25) is 0 Å². The van der Waals surface area contributed by atoms with Gasteiger partial charge in [0, 0.05) is 25.3 Å². The second-order valence-electron chi connectivity index (χ2n) is 3.88. The van der Waals surface area contributed by atoms with Crippen molar-refractivity contribution in [2.24, 2.45) is 5.92 Å². The Kier molecular flexibility index (Phi) is 5.33. The molecule has 1 unspecified atom stereocenters. The van der Waals surface area contributed by atoms with Crippen molar-refractivity contribution in [3.05, 3.63) is 0 Å². The third-order valence-electron chi connectivity index (χ3n) is 2.75. The van der Waals surface area contributed by atoms with E-state index in [0.717, 1.165) is 26.1 Å². The van der Waals surface area contributed by atoms with Gasteiger partial charge in [-0.15, -0.1) is 0 Å². The minimum absolute atomic E-state index is 0.334. The highest BCUT2D eigenvalue weighted by molar-refractivity contribution is 7.98. The highest BCUT2D eigenvalue weighted by atomic mass is 32.2. The molecule has 1 N–H and O–H groups in total. The van der Waals surface area contributed by atoms with E-state index >= 15 is 0 Å². The van der Waals surface area contributed by atoms with Crippen LogP contribution < -0.4 is 0 Å². The van der Waals surface area contributed by atoms with Gasteiger partial charge in [0.05, 0.1) is 0 Å². The fourth-order valence-corrected chi connectivity index (χ4v) is 2.34. The second kappa shape index (κ2) is 6.30. The third kappa shape index (κ3) is 4.33. The molecule has 3 nitrogen and oxygen atoms in total. The highest BCUT2D eigenvalue weighted by Crippen LogP contribution is 2.20. The summed E-state index contributed by atoms with van der Waals surface area (Å²) in [6.07, 6.45) is 4.49. The molecule has 1 saturated heterocycles. The van der Waals surface area contributed by atoms with Crippen LogP contribution >= 0.6 is 11.8 Å². The molecular formula is C10H19NO2S. The van der Waals surface area contributed by atoms with Gasteiger partial charge in [-0.25, -0.2) is 0 Å². The van der Waals surface area contributed by atoms with Gasteiger partial charge in [-0.3, -0.25) is 4.79 Å². The topological polar surface area (TPSA) is 40.5 Å². The number of nitrogens with zero attached hydrogens (tertiary/aromatic N) is 1. The van der Waals surface area contributed by atoms with E-state index < -0.39 is 5.97 Å².